The Morgan fingerprint density at radius 1 is 1.23 bits per heavy atom. The molecule has 168 valence electrons. The maximum atomic E-state index is 12.9. The van der Waals surface area contributed by atoms with Crippen LogP contribution in [0.2, 0.25) is 0 Å². The minimum Gasteiger partial charge on any atom is -0.489 e. The van der Waals surface area contributed by atoms with Crippen molar-refractivity contribution in [2.24, 2.45) is 0 Å². The first-order valence-electron chi connectivity index (χ1n) is 9.66. The fourth-order valence-corrected chi connectivity index (χ4v) is 4.72. The van der Waals surface area contributed by atoms with Crippen molar-refractivity contribution in [3.63, 3.8) is 0 Å². The molecule has 0 bridgehead atoms. The van der Waals surface area contributed by atoms with Crippen molar-refractivity contribution in [2.45, 2.75) is 31.8 Å². The van der Waals surface area contributed by atoms with Gasteiger partial charge in [0.2, 0.25) is 15.9 Å². The standard InChI is InChI=1S/C19H28N2O7S2/c1-4-27-19(23)13-29-12-18(22)20-16-11-15(5-6-17(16)28-14(2)3)30(24,25)21-7-9-26-10-8-21/h5-6,11,14H,4,7-10,12-13H2,1-3H3,(H,20,22). The van der Waals surface area contributed by atoms with Gasteiger partial charge in [0.15, 0.2) is 0 Å². The molecular formula is C19H28N2O7S2. The lowest BCUT2D eigenvalue weighted by molar-refractivity contribution is -0.139. The maximum Gasteiger partial charge on any atom is 0.315 e. The molecule has 1 aromatic carbocycles. The highest BCUT2D eigenvalue weighted by Crippen LogP contribution is 2.30. The van der Waals surface area contributed by atoms with E-state index in [1.54, 1.807) is 6.92 Å². The van der Waals surface area contributed by atoms with Crippen LogP contribution in [-0.4, -0.2) is 75.1 Å². The second-order valence-corrected chi connectivity index (χ2v) is 9.61. The van der Waals surface area contributed by atoms with Gasteiger partial charge in [-0.05, 0) is 39.0 Å². The Hall–Kier alpha value is -1.82. The topological polar surface area (TPSA) is 111 Å². The molecule has 1 saturated heterocycles. The summed E-state index contributed by atoms with van der Waals surface area (Å²) in [6.45, 7) is 6.90. The van der Waals surface area contributed by atoms with Crippen molar-refractivity contribution in [1.29, 1.82) is 0 Å². The molecule has 0 unspecified atom stereocenters. The number of amides is 1. The third-order valence-electron chi connectivity index (χ3n) is 3.95. The molecule has 0 spiro atoms. The smallest absolute Gasteiger partial charge is 0.315 e. The number of benzene rings is 1. The van der Waals surface area contributed by atoms with Gasteiger partial charge in [0.05, 0.1) is 48.0 Å². The minimum absolute atomic E-state index is 0.0143. The number of carbonyl (C=O) groups is 2. The summed E-state index contributed by atoms with van der Waals surface area (Å²) in [6.07, 6.45) is -0.166. The number of hydrogen-bond donors (Lipinski definition) is 1. The number of nitrogens with one attached hydrogen (secondary N) is 1. The van der Waals surface area contributed by atoms with Gasteiger partial charge in [-0.1, -0.05) is 0 Å². The van der Waals surface area contributed by atoms with Crippen LogP contribution in [0.4, 0.5) is 5.69 Å². The highest BCUT2D eigenvalue weighted by Gasteiger charge is 2.27. The third-order valence-corrected chi connectivity index (χ3v) is 6.75. The number of morpholine rings is 1. The number of thioether (sulfide) groups is 1. The van der Waals surface area contributed by atoms with Crippen molar-refractivity contribution < 1.29 is 32.2 Å². The number of ether oxygens (including phenoxy) is 3. The number of hydrogen-bond acceptors (Lipinski definition) is 8. The summed E-state index contributed by atoms with van der Waals surface area (Å²) in [7, 11) is -3.72. The van der Waals surface area contributed by atoms with Crippen molar-refractivity contribution in [3.05, 3.63) is 18.2 Å². The molecule has 9 nitrogen and oxygen atoms in total. The Balaban J connectivity index is 2.15. The number of carbonyl (C=O) groups excluding carboxylic acids is 2. The van der Waals surface area contributed by atoms with E-state index in [9.17, 15) is 18.0 Å². The first-order chi connectivity index (χ1) is 14.2. The molecule has 30 heavy (non-hydrogen) atoms. The zero-order valence-electron chi connectivity index (χ0n) is 17.4. The fraction of sp³-hybridized carbons (Fsp3) is 0.579. The summed E-state index contributed by atoms with van der Waals surface area (Å²) in [5.74, 6) is -0.325. The molecule has 0 saturated carbocycles. The van der Waals surface area contributed by atoms with Crippen LogP contribution < -0.4 is 10.1 Å². The van der Waals surface area contributed by atoms with Gasteiger partial charge in [-0.15, -0.1) is 11.8 Å². The predicted molar refractivity (Wildman–Crippen MR) is 114 cm³/mol. The van der Waals surface area contributed by atoms with E-state index in [2.05, 4.69) is 5.32 Å². The Morgan fingerprint density at radius 3 is 2.57 bits per heavy atom. The summed E-state index contributed by atoms with van der Waals surface area (Å²) in [5.41, 5.74) is 0.264. The van der Waals surface area contributed by atoms with E-state index in [1.165, 1.54) is 22.5 Å². The summed E-state index contributed by atoms with van der Waals surface area (Å²) < 4.78 is 43.0. The van der Waals surface area contributed by atoms with E-state index in [-0.39, 0.29) is 53.8 Å². The molecule has 1 aromatic rings. The Bertz CT molecular complexity index is 837. The maximum absolute atomic E-state index is 12.9. The molecule has 1 fully saturated rings. The van der Waals surface area contributed by atoms with Gasteiger partial charge < -0.3 is 19.5 Å². The molecule has 11 heteroatoms. The van der Waals surface area contributed by atoms with Crippen LogP contribution in [0.3, 0.4) is 0 Å². The molecule has 1 N–H and O–H groups in total. The quantitative estimate of drug-likeness (QED) is 0.526. The van der Waals surface area contributed by atoms with E-state index >= 15 is 0 Å². The van der Waals surface area contributed by atoms with Gasteiger partial charge in [-0.25, -0.2) is 8.42 Å². The normalized spacial score (nSPS) is 15.1. The van der Waals surface area contributed by atoms with Crippen molar-refractivity contribution in [1.82, 2.24) is 4.31 Å². The summed E-state index contributed by atoms with van der Waals surface area (Å²) in [5, 5.41) is 2.69. The van der Waals surface area contributed by atoms with Crippen LogP contribution in [0.5, 0.6) is 5.75 Å². The van der Waals surface area contributed by atoms with E-state index in [1.807, 2.05) is 13.8 Å². The monoisotopic (exact) mass is 460 g/mol. The lowest BCUT2D eigenvalue weighted by Crippen LogP contribution is -2.40. The van der Waals surface area contributed by atoms with Crippen LogP contribution in [-0.2, 0) is 29.1 Å². The third kappa shape index (κ3) is 7.15. The van der Waals surface area contributed by atoms with Gasteiger partial charge in [-0.3, -0.25) is 9.59 Å². The Labute approximate surface area is 181 Å². The molecule has 0 radical (unpaired) electrons. The van der Waals surface area contributed by atoms with E-state index < -0.39 is 16.0 Å². The second kappa shape index (κ2) is 11.5. The van der Waals surface area contributed by atoms with Crippen molar-refractivity contribution in [2.75, 3.05) is 49.7 Å². The zero-order valence-corrected chi connectivity index (χ0v) is 19.0. The molecule has 1 aliphatic rings. The average Bonchev–Trinajstić information content (AvgIpc) is 2.69. The largest absolute Gasteiger partial charge is 0.489 e. The number of nitrogens with zero attached hydrogens (tertiary/aromatic N) is 1. The highest BCUT2D eigenvalue weighted by atomic mass is 32.2. The number of sulfonamides is 1. The predicted octanol–water partition coefficient (Wildman–Crippen LogP) is 1.73. The summed E-state index contributed by atoms with van der Waals surface area (Å²) in [4.78, 5) is 23.8. The summed E-state index contributed by atoms with van der Waals surface area (Å²) >= 11 is 1.11. The van der Waals surface area contributed by atoms with Crippen LogP contribution >= 0.6 is 11.8 Å². The van der Waals surface area contributed by atoms with Gasteiger partial charge in [0.1, 0.15) is 5.75 Å². The summed E-state index contributed by atoms with van der Waals surface area (Å²) in [6, 6.07) is 4.40. The first-order valence-corrected chi connectivity index (χ1v) is 12.2. The molecule has 0 aromatic heterocycles. The fourth-order valence-electron chi connectivity index (χ4n) is 2.68. The lowest BCUT2D eigenvalue weighted by atomic mass is 10.3. The van der Waals surface area contributed by atoms with Crippen LogP contribution in [0, 0.1) is 0 Å². The molecule has 1 aliphatic heterocycles. The molecule has 2 rings (SSSR count). The number of esters is 1. The van der Waals surface area contributed by atoms with Crippen LogP contribution in [0.25, 0.3) is 0 Å². The van der Waals surface area contributed by atoms with E-state index in [0.717, 1.165) is 11.8 Å². The molecule has 1 amide bonds. The minimum atomic E-state index is -3.72. The van der Waals surface area contributed by atoms with Crippen LogP contribution in [0.1, 0.15) is 20.8 Å². The molecule has 0 aliphatic carbocycles. The highest BCUT2D eigenvalue weighted by molar-refractivity contribution is 8.00. The average molecular weight is 461 g/mol. The van der Waals surface area contributed by atoms with Gasteiger partial charge in [0.25, 0.3) is 0 Å². The first kappa shape index (κ1) is 24.4. The number of anilines is 1. The molecule has 1 heterocycles. The van der Waals surface area contributed by atoms with Crippen molar-refractivity contribution >= 4 is 39.3 Å². The molecule has 0 atom stereocenters. The lowest BCUT2D eigenvalue weighted by Gasteiger charge is -2.26. The molecular weight excluding hydrogens is 432 g/mol. The Kier molecular flexibility index (Phi) is 9.40. The van der Waals surface area contributed by atoms with Crippen LogP contribution in [0.15, 0.2) is 23.1 Å². The van der Waals surface area contributed by atoms with E-state index in [4.69, 9.17) is 14.2 Å². The van der Waals surface area contributed by atoms with Gasteiger partial charge >= 0.3 is 5.97 Å². The zero-order chi connectivity index (χ0) is 22.1. The Morgan fingerprint density at radius 2 is 1.93 bits per heavy atom. The van der Waals surface area contributed by atoms with Gasteiger partial charge in [0, 0.05) is 13.1 Å². The van der Waals surface area contributed by atoms with Crippen molar-refractivity contribution in [3.8, 4) is 5.75 Å². The van der Waals surface area contributed by atoms with Gasteiger partial charge in [-0.2, -0.15) is 4.31 Å². The number of rotatable bonds is 10. The van der Waals surface area contributed by atoms with E-state index in [0.29, 0.717) is 19.0 Å². The SMILES string of the molecule is CCOC(=O)CSCC(=O)Nc1cc(S(=O)(=O)N2CCOCC2)ccc1OC(C)C. The second-order valence-electron chi connectivity index (χ2n) is 6.69.